The zero-order chi connectivity index (χ0) is 16.2. The van der Waals surface area contributed by atoms with Crippen molar-refractivity contribution in [1.82, 2.24) is 0 Å². The number of hydrogen-bond acceptors (Lipinski definition) is 1. The Labute approximate surface area is 128 Å². The van der Waals surface area contributed by atoms with Gasteiger partial charge in [-0.1, -0.05) is 36.4 Å². The Morgan fingerprint density at radius 1 is 1.05 bits per heavy atom. The van der Waals surface area contributed by atoms with Crippen LogP contribution < -0.4 is 4.74 Å². The first kappa shape index (κ1) is 16.4. The van der Waals surface area contributed by atoms with E-state index < -0.39 is 17.7 Å². The Hall–Kier alpha value is -1.97. The molecule has 0 heterocycles. The standard InChI is InChI=1S/C18H18F3O/c1-13(11-12-14-7-3-6-10-17(14)22-2)15-8-4-5-9-16(15)18(19,20)21/h3-10,13H,1,11-12H2,2H3. The summed E-state index contributed by atoms with van der Waals surface area (Å²) in [7, 11) is 1.58. The average Bonchev–Trinajstić information content (AvgIpc) is 2.52. The predicted octanol–water partition coefficient (Wildman–Crippen LogP) is 5.26. The summed E-state index contributed by atoms with van der Waals surface area (Å²) < 4.78 is 44.4. The number of ether oxygens (including phenoxy) is 1. The van der Waals surface area contributed by atoms with Crippen LogP contribution in [0.1, 0.15) is 29.0 Å². The fraction of sp³-hybridized carbons (Fsp3) is 0.278. The molecule has 22 heavy (non-hydrogen) atoms. The van der Waals surface area contributed by atoms with Crippen molar-refractivity contribution in [3.05, 3.63) is 72.1 Å². The molecule has 0 saturated carbocycles. The van der Waals surface area contributed by atoms with Gasteiger partial charge < -0.3 is 4.74 Å². The lowest BCUT2D eigenvalue weighted by Crippen LogP contribution is -2.11. The molecule has 0 N–H and O–H groups in total. The van der Waals surface area contributed by atoms with Crippen LogP contribution in [-0.4, -0.2) is 7.11 Å². The van der Waals surface area contributed by atoms with Crippen LogP contribution in [0.25, 0.3) is 0 Å². The number of para-hydroxylation sites is 1. The molecule has 1 atom stereocenters. The lowest BCUT2D eigenvalue weighted by molar-refractivity contribution is -0.138. The van der Waals surface area contributed by atoms with Gasteiger partial charge in [0.05, 0.1) is 12.7 Å². The lowest BCUT2D eigenvalue weighted by Gasteiger charge is -2.18. The number of benzene rings is 2. The summed E-state index contributed by atoms with van der Waals surface area (Å²) in [5.41, 5.74) is 0.614. The van der Waals surface area contributed by atoms with Crippen molar-refractivity contribution in [2.45, 2.75) is 24.9 Å². The van der Waals surface area contributed by atoms with Gasteiger partial charge >= 0.3 is 6.18 Å². The summed E-state index contributed by atoms with van der Waals surface area (Å²) >= 11 is 0. The topological polar surface area (TPSA) is 9.23 Å². The molecule has 2 aromatic carbocycles. The smallest absolute Gasteiger partial charge is 0.416 e. The molecule has 0 saturated heterocycles. The van der Waals surface area contributed by atoms with Gasteiger partial charge in [0, 0.05) is 0 Å². The van der Waals surface area contributed by atoms with E-state index in [0.29, 0.717) is 12.8 Å². The minimum Gasteiger partial charge on any atom is -0.496 e. The number of hydrogen-bond donors (Lipinski definition) is 0. The van der Waals surface area contributed by atoms with Crippen molar-refractivity contribution >= 4 is 0 Å². The molecule has 0 aliphatic rings. The molecule has 0 aromatic heterocycles. The maximum atomic E-state index is 13.0. The predicted molar refractivity (Wildman–Crippen MR) is 80.9 cm³/mol. The number of aryl methyl sites for hydroxylation is 1. The zero-order valence-electron chi connectivity index (χ0n) is 12.4. The van der Waals surface area contributed by atoms with E-state index in [1.54, 1.807) is 13.2 Å². The van der Waals surface area contributed by atoms with Crippen molar-refractivity contribution in [2.24, 2.45) is 0 Å². The molecule has 0 spiro atoms. The van der Waals surface area contributed by atoms with E-state index in [-0.39, 0.29) is 5.56 Å². The van der Waals surface area contributed by atoms with Gasteiger partial charge in [-0.3, -0.25) is 0 Å². The molecule has 0 aliphatic heterocycles. The van der Waals surface area contributed by atoms with Crippen LogP contribution in [0, 0.1) is 6.92 Å². The Morgan fingerprint density at radius 2 is 1.68 bits per heavy atom. The maximum Gasteiger partial charge on any atom is 0.416 e. The van der Waals surface area contributed by atoms with Gasteiger partial charge in [-0.25, -0.2) is 0 Å². The normalized spacial score (nSPS) is 13.0. The Bertz CT molecular complexity index is 620. The Kier molecular flexibility index (Phi) is 5.11. The monoisotopic (exact) mass is 307 g/mol. The second-order valence-electron chi connectivity index (χ2n) is 5.13. The highest BCUT2D eigenvalue weighted by molar-refractivity contribution is 5.36. The molecule has 1 nitrogen and oxygen atoms in total. The first-order valence-electron chi connectivity index (χ1n) is 7.04. The summed E-state index contributed by atoms with van der Waals surface area (Å²) in [5.74, 6) is 0.321. The molecular formula is C18H18F3O. The van der Waals surface area contributed by atoms with Crippen LogP contribution in [0.4, 0.5) is 13.2 Å². The third-order valence-electron chi connectivity index (χ3n) is 3.66. The second-order valence-corrected chi connectivity index (χ2v) is 5.13. The highest BCUT2D eigenvalue weighted by Crippen LogP contribution is 2.36. The minimum absolute atomic E-state index is 0.241. The highest BCUT2D eigenvalue weighted by atomic mass is 19.4. The molecule has 0 aliphatic carbocycles. The number of alkyl halides is 3. The van der Waals surface area contributed by atoms with Crippen molar-refractivity contribution in [3.8, 4) is 5.75 Å². The number of methoxy groups -OCH3 is 1. The van der Waals surface area contributed by atoms with E-state index in [9.17, 15) is 13.2 Å². The third kappa shape index (κ3) is 3.81. The van der Waals surface area contributed by atoms with Crippen molar-refractivity contribution in [2.75, 3.05) is 7.11 Å². The van der Waals surface area contributed by atoms with Gasteiger partial charge in [-0.15, -0.1) is 0 Å². The van der Waals surface area contributed by atoms with E-state index >= 15 is 0 Å². The lowest BCUT2D eigenvalue weighted by atomic mass is 9.90. The minimum atomic E-state index is -4.35. The van der Waals surface area contributed by atoms with Gasteiger partial charge in [-0.05, 0) is 48.9 Å². The Morgan fingerprint density at radius 3 is 2.36 bits per heavy atom. The van der Waals surface area contributed by atoms with E-state index in [0.717, 1.165) is 17.4 Å². The van der Waals surface area contributed by atoms with E-state index in [1.165, 1.54) is 12.1 Å². The fourth-order valence-corrected chi connectivity index (χ4v) is 2.51. The van der Waals surface area contributed by atoms with Crippen LogP contribution in [0.5, 0.6) is 5.75 Å². The highest BCUT2D eigenvalue weighted by Gasteiger charge is 2.33. The molecule has 2 rings (SSSR count). The van der Waals surface area contributed by atoms with E-state index in [4.69, 9.17) is 4.74 Å². The quantitative estimate of drug-likeness (QED) is 0.731. The van der Waals surface area contributed by atoms with E-state index in [1.807, 2.05) is 24.3 Å². The van der Waals surface area contributed by atoms with Crippen molar-refractivity contribution < 1.29 is 17.9 Å². The summed E-state index contributed by atoms with van der Waals surface area (Å²) in [4.78, 5) is 0. The van der Waals surface area contributed by atoms with Gasteiger partial charge in [0.25, 0.3) is 0 Å². The molecule has 1 unspecified atom stereocenters. The fourth-order valence-electron chi connectivity index (χ4n) is 2.51. The van der Waals surface area contributed by atoms with Crippen molar-refractivity contribution in [1.29, 1.82) is 0 Å². The average molecular weight is 307 g/mol. The molecule has 1 radical (unpaired) electrons. The third-order valence-corrected chi connectivity index (χ3v) is 3.66. The molecule has 117 valence electrons. The van der Waals surface area contributed by atoms with Gasteiger partial charge in [0.2, 0.25) is 0 Å². The number of rotatable bonds is 5. The van der Waals surface area contributed by atoms with Crippen LogP contribution in [0.2, 0.25) is 0 Å². The summed E-state index contributed by atoms with van der Waals surface area (Å²) in [5, 5.41) is 0. The first-order chi connectivity index (χ1) is 10.4. The van der Waals surface area contributed by atoms with Crippen molar-refractivity contribution in [3.63, 3.8) is 0 Å². The number of halogens is 3. The van der Waals surface area contributed by atoms with Crippen LogP contribution in [0.15, 0.2) is 48.5 Å². The van der Waals surface area contributed by atoms with Crippen LogP contribution >= 0.6 is 0 Å². The van der Waals surface area contributed by atoms with Gasteiger partial charge in [-0.2, -0.15) is 13.2 Å². The molecule has 0 bridgehead atoms. The summed E-state index contributed by atoms with van der Waals surface area (Å²) in [6.07, 6.45) is -3.21. The van der Waals surface area contributed by atoms with Crippen LogP contribution in [0.3, 0.4) is 0 Å². The van der Waals surface area contributed by atoms with E-state index in [2.05, 4.69) is 6.92 Å². The second kappa shape index (κ2) is 6.86. The molecule has 0 fully saturated rings. The molecular weight excluding hydrogens is 289 g/mol. The summed E-state index contributed by atoms with van der Waals surface area (Å²) in [6.45, 7) is 3.91. The molecule has 0 amide bonds. The van der Waals surface area contributed by atoms with Gasteiger partial charge in [0.1, 0.15) is 5.75 Å². The summed E-state index contributed by atoms with van der Waals surface area (Å²) in [6, 6.07) is 13.1. The van der Waals surface area contributed by atoms with Gasteiger partial charge in [0.15, 0.2) is 0 Å². The largest absolute Gasteiger partial charge is 0.496 e. The zero-order valence-corrected chi connectivity index (χ0v) is 12.4. The Balaban J connectivity index is 2.15. The first-order valence-corrected chi connectivity index (χ1v) is 7.04. The SMILES string of the molecule is [CH2]C(CCc1ccccc1OC)c1ccccc1C(F)(F)F. The molecule has 4 heteroatoms. The maximum absolute atomic E-state index is 13.0. The molecule has 2 aromatic rings. The van der Waals surface area contributed by atoms with Crippen LogP contribution in [-0.2, 0) is 12.6 Å².